The van der Waals surface area contributed by atoms with Gasteiger partial charge >= 0.3 is 0 Å². The maximum absolute atomic E-state index is 3.74. The molecule has 1 heterocycles. The molecule has 0 saturated heterocycles. The molecule has 0 saturated carbocycles. The normalized spacial score (nSPS) is 13.2. The summed E-state index contributed by atoms with van der Waals surface area (Å²) in [4.78, 5) is 3.74. The third-order valence-corrected chi connectivity index (χ3v) is 9.39. The maximum atomic E-state index is 3.74. The van der Waals surface area contributed by atoms with Crippen molar-refractivity contribution in [2.45, 2.75) is 226 Å². The van der Waals surface area contributed by atoms with Gasteiger partial charge in [-0.25, -0.2) is 9.55 Å². The van der Waals surface area contributed by atoms with Crippen LogP contribution in [-0.2, 0) is 0 Å². The van der Waals surface area contributed by atoms with Crippen LogP contribution in [0.25, 0.3) is 0 Å². The van der Waals surface area contributed by atoms with Crippen LogP contribution < -0.4 is 4.57 Å². The topological polar surface area (TPSA) is 19.7 Å². The number of nitrogens with one attached hydrogen (secondary N) is 1. The molecule has 1 aromatic heterocycles. The lowest BCUT2D eigenvalue weighted by Crippen LogP contribution is -2.41. The summed E-state index contributed by atoms with van der Waals surface area (Å²) in [5.74, 6) is 2.25. The SMILES string of the molecule is CCCCCCCCCCCCCC(CCCCCCCCCC)c1[nH]cc[n+]1C(C)CCCCCCCCC. The van der Waals surface area contributed by atoms with Crippen molar-refractivity contribution in [2.24, 2.45) is 0 Å². The summed E-state index contributed by atoms with van der Waals surface area (Å²) in [5.41, 5.74) is 0. The van der Waals surface area contributed by atoms with Gasteiger partial charge in [-0.2, -0.15) is 0 Å². The zero-order valence-electron chi connectivity index (χ0n) is 28.3. The second-order valence-electron chi connectivity index (χ2n) is 13.3. The first-order valence-corrected chi connectivity index (χ1v) is 18.8. The average Bonchev–Trinajstić information content (AvgIpc) is 3.45. The van der Waals surface area contributed by atoms with Gasteiger partial charge < -0.3 is 0 Å². The summed E-state index contributed by atoms with van der Waals surface area (Å²) in [6.07, 6.45) is 45.7. The Bertz CT molecular complexity index is 621. The number of unbranched alkanes of at least 4 members (excludes halogenated alkanes) is 23. The van der Waals surface area contributed by atoms with E-state index in [0.717, 1.165) is 0 Å². The van der Waals surface area contributed by atoms with Gasteiger partial charge in [-0.15, -0.1) is 0 Å². The van der Waals surface area contributed by atoms with Gasteiger partial charge in [0, 0.05) is 0 Å². The van der Waals surface area contributed by atoms with Crippen molar-refractivity contribution >= 4 is 0 Å². The van der Waals surface area contributed by atoms with Crippen LogP contribution in [0.4, 0.5) is 0 Å². The van der Waals surface area contributed by atoms with Crippen LogP contribution in [0, 0.1) is 0 Å². The van der Waals surface area contributed by atoms with Gasteiger partial charge in [0.1, 0.15) is 12.4 Å². The molecule has 1 aromatic rings. The Morgan fingerprint density at radius 2 is 0.800 bits per heavy atom. The fourth-order valence-electron chi connectivity index (χ4n) is 6.60. The molecule has 0 aliphatic carbocycles. The number of rotatable bonds is 31. The van der Waals surface area contributed by atoms with Gasteiger partial charge in [0.25, 0.3) is 5.82 Å². The zero-order valence-corrected chi connectivity index (χ0v) is 28.3. The molecule has 40 heavy (non-hydrogen) atoms. The van der Waals surface area contributed by atoms with E-state index < -0.39 is 0 Å². The van der Waals surface area contributed by atoms with Crippen molar-refractivity contribution in [2.75, 3.05) is 0 Å². The highest BCUT2D eigenvalue weighted by Gasteiger charge is 2.25. The molecule has 0 aliphatic heterocycles. The van der Waals surface area contributed by atoms with Crippen LogP contribution in [0.1, 0.15) is 232 Å². The number of hydrogen-bond donors (Lipinski definition) is 1. The van der Waals surface area contributed by atoms with E-state index in [2.05, 4.69) is 49.6 Å². The van der Waals surface area contributed by atoms with Gasteiger partial charge in [0.2, 0.25) is 0 Å². The number of hydrogen-bond acceptors (Lipinski definition) is 0. The van der Waals surface area contributed by atoms with Gasteiger partial charge in [-0.1, -0.05) is 181 Å². The van der Waals surface area contributed by atoms with Gasteiger partial charge in [0.05, 0.1) is 12.0 Å². The molecule has 0 amide bonds. The molecule has 0 radical (unpaired) electrons. The smallest absolute Gasteiger partial charge is 0.247 e. The Morgan fingerprint density at radius 3 is 1.18 bits per heavy atom. The van der Waals surface area contributed by atoms with E-state index >= 15 is 0 Å². The lowest BCUT2D eigenvalue weighted by Gasteiger charge is -2.17. The Balaban J connectivity index is 2.45. The van der Waals surface area contributed by atoms with Crippen LogP contribution >= 0.6 is 0 Å². The van der Waals surface area contributed by atoms with E-state index in [9.17, 15) is 0 Å². The molecule has 1 N–H and O–H groups in total. The van der Waals surface area contributed by atoms with E-state index in [0.29, 0.717) is 12.0 Å². The van der Waals surface area contributed by atoms with Crippen LogP contribution in [0.15, 0.2) is 12.4 Å². The van der Waals surface area contributed by atoms with E-state index in [-0.39, 0.29) is 0 Å². The van der Waals surface area contributed by atoms with E-state index in [1.165, 1.54) is 192 Å². The van der Waals surface area contributed by atoms with Crippen LogP contribution in [-0.4, -0.2) is 4.98 Å². The summed E-state index contributed by atoms with van der Waals surface area (Å²) < 4.78 is 2.63. The van der Waals surface area contributed by atoms with Crippen molar-refractivity contribution in [3.63, 3.8) is 0 Å². The van der Waals surface area contributed by atoms with Crippen LogP contribution in [0.2, 0.25) is 0 Å². The molecule has 0 bridgehead atoms. The van der Waals surface area contributed by atoms with E-state index in [1.807, 2.05) is 0 Å². The Labute approximate surface area is 253 Å². The number of H-pyrrole nitrogens is 1. The molecule has 2 nitrogen and oxygen atoms in total. The molecule has 236 valence electrons. The minimum atomic E-state index is 0.621. The molecular formula is C38H75N2+. The van der Waals surface area contributed by atoms with Crippen molar-refractivity contribution in [1.29, 1.82) is 0 Å². The average molecular weight is 560 g/mol. The largest absolute Gasteiger partial charge is 0.257 e. The molecule has 2 heteroatoms. The monoisotopic (exact) mass is 560 g/mol. The fraction of sp³-hybridized carbons (Fsp3) is 0.921. The Morgan fingerprint density at radius 1 is 0.475 bits per heavy atom. The highest BCUT2D eigenvalue weighted by atomic mass is 15.1. The molecule has 0 spiro atoms. The molecule has 2 atom stereocenters. The quantitative estimate of drug-likeness (QED) is 0.0689. The third kappa shape index (κ3) is 20.1. The minimum Gasteiger partial charge on any atom is -0.247 e. The van der Waals surface area contributed by atoms with Crippen molar-refractivity contribution in [1.82, 2.24) is 4.98 Å². The zero-order chi connectivity index (χ0) is 28.9. The van der Waals surface area contributed by atoms with Gasteiger partial charge in [-0.3, -0.25) is 0 Å². The van der Waals surface area contributed by atoms with E-state index in [4.69, 9.17) is 0 Å². The number of nitrogens with zero attached hydrogens (tertiary/aromatic N) is 1. The number of aromatic amines is 1. The fourth-order valence-corrected chi connectivity index (χ4v) is 6.60. The summed E-state index contributed by atoms with van der Waals surface area (Å²) >= 11 is 0. The summed E-state index contributed by atoms with van der Waals surface area (Å²) in [7, 11) is 0. The maximum Gasteiger partial charge on any atom is 0.257 e. The third-order valence-electron chi connectivity index (χ3n) is 9.39. The second-order valence-corrected chi connectivity index (χ2v) is 13.3. The lowest BCUT2D eigenvalue weighted by molar-refractivity contribution is -0.727. The number of aromatic nitrogens is 2. The predicted octanol–water partition coefficient (Wildman–Crippen LogP) is 13.3. The van der Waals surface area contributed by atoms with Crippen molar-refractivity contribution in [3.8, 4) is 0 Å². The summed E-state index contributed by atoms with van der Waals surface area (Å²) in [6, 6.07) is 0.621. The van der Waals surface area contributed by atoms with E-state index in [1.54, 1.807) is 0 Å². The molecule has 0 aromatic carbocycles. The van der Waals surface area contributed by atoms with Gasteiger partial charge in [0.15, 0.2) is 0 Å². The summed E-state index contributed by atoms with van der Waals surface area (Å²) in [5, 5.41) is 0. The molecule has 1 rings (SSSR count). The molecular weight excluding hydrogens is 484 g/mol. The molecule has 0 fully saturated rings. The first kappa shape index (κ1) is 37.2. The second kappa shape index (κ2) is 28.3. The standard InChI is InChI=1S/C38H74N2/c1-5-8-11-14-17-19-20-21-24-27-30-33-37(32-29-26-23-18-15-12-9-6-2)38-39-34-35-40(38)36(4)31-28-25-22-16-13-10-7-3/h34-37H,5-33H2,1-4H3/p+1. The van der Waals surface area contributed by atoms with Crippen molar-refractivity contribution in [3.05, 3.63) is 18.2 Å². The highest BCUT2D eigenvalue weighted by Crippen LogP contribution is 2.27. The minimum absolute atomic E-state index is 0.621. The first-order valence-electron chi connectivity index (χ1n) is 18.8. The highest BCUT2D eigenvalue weighted by molar-refractivity contribution is 4.90. The number of imidazole rings is 1. The Kier molecular flexibility index (Phi) is 26.4. The molecule has 2 unspecified atom stereocenters. The predicted molar refractivity (Wildman–Crippen MR) is 179 cm³/mol. The lowest BCUT2D eigenvalue weighted by atomic mass is 9.92. The Hall–Kier alpha value is -0.790. The van der Waals surface area contributed by atoms with Crippen LogP contribution in [0.5, 0.6) is 0 Å². The van der Waals surface area contributed by atoms with Crippen molar-refractivity contribution < 1.29 is 4.57 Å². The molecule has 0 aliphatic rings. The first-order chi connectivity index (χ1) is 19.7. The van der Waals surface area contributed by atoms with Gasteiger partial charge in [-0.05, 0) is 32.6 Å². The summed E-state index contributed by atoms with van der Waals surface area (Å²) in [6.45, 7) is 9.40. The van der Waals surface area contributed by atoms with Crippen LogP contribution in [0.3, 0.4) is 0 Å².